The lowest BCUT2D eigenvalue weighted by molar-refractivity contribution is -0.125. The molecule has 0 radical (unpaired) electrons. The normalized spacial score (nSPS) is 10.5. The van der Waals surface area contributed by atoms with Gasteiger partial charge in [0, 0.05) is 12.1 Å². The number of nitrogens with one attached hydrogen (secondary N) is 3. The van der Waals surface area contributed by atoms with Crippen molar-refractivity contribution in [2.24, 2.45) is 0 Å². The Hall–Kier alpha value is -2.75. The first kappa shape index (κ1) is 18.6. The predicted octanol–water partition coefficient (Wildman–Crippen LogP) is -0.126. The molecule has 2 aromatic rings. The number of aryl methyl sites for hydroxylation is 1. The van der Waals surface area contributed by atoms with Crippen molar-refractivity contribution in [1.82, 2.24) is 20.6 Å². The Balaban J connectivity index is 2.35. The van der Waals surface area contributed by atoms with Gasteiger partial charge in [-0.05, 0) is 13.8 Å². The minimum Gasteiger partial charge on any atom is -0.465 e. The van der Waals surface area contributed by atoms with Crippen molar-refractivity contribution in [2.45, 2.75) is 20.3 Å². The Kier molecular flexibility index (Phi) is 5.86. The number of methoxy groups -OCH3 is 1. The lowest BCUT2D eigenvalue weighted by Gasteiger charge is -2.06. The van der Waals surface area contributed by atoms with Crippen molar-refractivity contribution in [3.8, 4) is 0 Å². The van der Waals surface area contributed by atoms with E-state index in [-0.39, 0.29) is 34.7 Å². The Morgan fingerprint density at radius 1 is 1.24 bits per heavy atom. The van der Waals surface area contributed by atoms with Crippen molar-refractivity contribution < 1.29 is 19.1 Å². The summed E-state index contributed by atoms with van der Waals surface area (Å²) in [7, 11) is 1.22. The third kappa shape index (κ3) is 4.21. The molecule has 0 bridgehead atoms. The van der Waals surface area contributed by atoms with E-state index in [1.807, 2.05) is 0 Å². The fourth-order valence-electron chi connectivity index (χ4n) is 2.26. The van der Waals surface area contributed by atoms with Gasteiger partial charge in [0.25, 0.3) is 5.56 Å². The second-order valence-corrected chi connectivity index (χ2v) is 6.14. The zero-order chi connectivity index (χ0) is 18.6. The van der Waals surface area contributed by atoms with Crippen LogP contribution in [-0.4, -0.2) is 48.0 Å². The van der Waals surface area contributed by atoms with Crippen LogP contribution < -0.4 is 16.2 Å². The van der Waals surface area contributed by atoms with E-state index in [1.54, 1.807) is 13.8 Å². The van der Waals surface area contributed by atoms with Gasteiger partial charge in [-0.2, -0.15) is 0 Å². The molecule has 0 aliphatic carbocycles. The number of amides is 2. The van der Waals surface area contributed by atoms with Gasteiger partial charge < -0.3 is 20.4 Å². The van der Waals surface area contributed by atoms with E-state index in [9.17, 15) is 19.2 Å². The first-order chi connectivity index (χ1) is 11.9. The molecule has 134 valence electrons. The van der Waals surface area contributed by atoms with Crippen LogP contribution in [0.1, 0.15) is 28.0 Å². The summed E-state index contributed by atoms with van der Waals surface area (Å²) in [5.74, 6) is -1.06. The molecule has 10 heteroatoms. The number of aromatic amines is 1. The predicted molar refractivity (Wildman–Crippen MR) is 91.7 cm³/mol. The highest BCUT2D eigenvalue weighted by atomic mass is 32.1. The molecule has 0 fully saturated rings. The Bertz CT molecular complexity index is 886. The molecular weight excluding hydrogens is 348 g/mol. The average molecular weight is 366 g/mol. The van der Waals surface area contributed by atoms with Gasteiger partial charge in [0.15, 0.2) is 0 Å². The first-order valence-electron chi connectivity index (χ1n) is 7.51. The lowest BCUT2D eigenvalue weighted by Crippen LogP contribution is -2.37. The van der Waals surface area contributed by atoms with E-state index >= 15 is 0 Å². The fourth-order valence-corrected chi connectivity index (χ4v) is 3.42. The number of nitrogens with zero attached hydrogens (tertiary/aromatic N) is 1. The summed E-state index contributed by atoms with van der Waals surface area (Å²) >= 11 is 0.994. The van der Waals surface area contributed by atoms with Crippen LogP contribution in [0.2, 0.25) is 0 Å². The summed E-state index contributed by atoms with van der Waals surface area (Å²) in [6.07, 6.45) is -0.238. The summed E-state index contributed by atoms with van der Waals surface area (Å²) in [5.41, 5.74) is -0.186. The molecule has 2 rings (SSSR count). The van der Waals surface area contributed by atoms with E-state index in [4.69, 9.17) is 4.74 Å². The van der Waals surface area contributed by atoms with Crippen molar-refractivity contribution >= 4 is 39.3 Å². The van der Waals surface area contributed by atoms with Gasteiger partial charge in [0.2, 0.25) is 11.8 Å². The summed E-state index contributed by atoms with van der Waals surface area (Å²) < 4.78 is 4.72. The molecule has 0 aliphatic heterocycles. The van der Waals surface area contributed by atoms with Crippen LogP contribution in [0.5, 0.6) is 0 Å². The SMILES string of the molecule is CCNC(=O)CNC(=O)Cc1c(C(=O)OC)sc2nc(C)[nH]c(=O)c12. The zero-order valence-corrected chi connectivity index (χ0v) is 14.8. The molecule has 2 heterocycles. The summed E-state index contributed by atoms with van der Waals surface area (Å²) in [5, 5.41) is 5.19. The number of carbonyl (C=O) groups excluding carboxylic acids is 3. The van der Waals surface area contributed by atoms with Gasteiger partial charge in [-0.25, -0.2) is 9.78 Å². The molecule has 2 aromatic heterocycles. The Labute approximate surface area is 146 Å². The lowest BCUT2D eigenvalue weighted by atomic mass is 10.1. The van der Waals surface area contributed by atoms with Crippen LogP contribution in [0, 0.1) is 6.92 Å². The summed E-state index contributed by atoms with van der Waals surface area (Å²) in [6, 6.07) is 0. The smallest absolute Gasteiger partial charge is 0.348 e. The molecule has 0 unspecified atom stereocenters. The summed E-state index contributed by atoms with van der Waals surface area (Å²) in [4.78, 5) is 55.0. The number of carbonyl (C=O) groups is 3. The minimum absolute atomic E-state index is 0.147. The van der Waals surface area contributed by atoms with Crippen LogP contribution in [0.25, 0.3) is 10.2 Å². The fraction of sp³-hybridized carbons (Fsp3) is 0.400. The maximum absolute atomic E-state index is 12.2. The monoisotopic (exact) mass is 366 g/mol. The molecular formula is C15H18N4O5S. The maximum atomic E-state index is 12.2. The first-order valence-corrected chi connectivity index (χ1v) is 8.33. The highest BCUT2D eigenvalue weighted by Gasteiger charge is 2.24. The third-order valence-corrected chi connectivity index (χ3v) is 4.41. The van der Waals surface area contributed by atoms with Crippen LogP contribution in [-0.2, 0) is 20.7 Å². The number of fused-ring (bicyclic) bond motifs is 1. The van der Waals surface area contributed by atoms with Crippen LogP contribution in [0.15, 0.2) is 4.79 Å². The second kappa shape index (κ2) is 7.88. The molecule has 3 N–H and O–H groups in total. The molecule has 0 saturated carbocycles. The summed E-state index contributed by atoms with van der Waals surface area (Å²) in [6.45, 7) is 3.66. The van der Waals surface area contributed by atoms with Crippen molar-refractivity contribution in [3.05, 3.63) is 26.6 Å². The zero-order valence-electron chi connectivity index (χ0n) is 14.0. The number of likely N-dealkylation sites (N-methyl/N-ethyl adjacent to an activating group) is 1. The van der Waals surface area contributed by atoms with Gasteiger partial charge in [-0.15, -0.1) is 11.3 Å². The number of hydrogen-bond acceptors (Lipinski definition) is 7. The Morgan fingerprint density at radius 3 is 2.60 bits per heavy atom. The number of H-pyrrole nitrogens is 1. The molecule has 2 amide bonds. The van der Waals surface area contributed by atoms with E-state index in [0.29, 0.717) is 17.2 Å². The Morgan fingerprint density at radius 2 is 1.96 bits per heavy atom. The number of hydrogen-bond donors (Lipinski definition) is 3. The van der Waals surface area contributed by atoms with Gasteiger partial charge in [-0.1, -0.05) is 0 Å². The maximum Gasteiger partial charge on any atom is 0.348 e. The van der Waals surface area contributed by atoms with Crippen LogP contribution in [0.3, 0.4) is 0 Å². The average Bonchev–Trinajstić information content (AvgIpc) is 2.91. The van der Waals surface area contributed by atoms with Gasteiger partial charge >= 0.3 is 5.97 Å². The molecule has 0 saturated heterocycles. The van der Waals surface area contributed by atoms with Gasteiger partial charge in [0.05, 0.1) is 25.5 Å². The minimum atomic E-state index is -0.647. The number of rotatable bonds is 6. The van der Waals surface area contributed by atoms with E-state index < -0.39 is 17.4 Å². The standard InChI is InChI=1S/C15H18N4O5S/c1-4-16-10(21)6-17-9(20)5-8-11-13(22)18-7(2)19-14(11)25-12(8)15(23)24-3/h4-6H2,1-3H3,(H,16,21)(H,17,20)(H,18,19,22). The number of thiophene rings is 1. The molecule has 0 aromatic carbocycles. The second-order valence-electron chi connectivity index (χ2n) is 5.14. The highest BCUT2D eigenvalue weighted by Crippen LogP contribution is 2.28. The molecule has 0 atom stereocenters. The van der Waals surface area contributed by atoms with E-state index in [0.717, 1.165) is 11.3 Å². The molecule has 0 aliphatic rings. The van der Waals surface area contributed by atoms with Gasteiger partial charge in [0.1, 0.15) is 15.5 Å². The number of ether oxygens (including phenoxy) is 1. The topological polar surface area (TPSA) is 130 Å². The quantitative estimate of drug-likeness (QED) is 0.611. The largest absolute Gasteiger partial charge is 0.465 e. The molecule has 9 nitrogen and oxygen atoms in total. The van der Waals surface area contributed by atoms with Crippen LogP contribution in [0.4, 0.5) is 0 Å². The van der Waals surface area contributed by atoms with Gasteiger partial charge in [-0.3, -0.25) is 14.4 Å². The third-order valence-electron chi connectivity index (χ3n) is 3.31. The van der Waals surface area contributed by atoms with E-state index in [2.05, 4.69) is 20.6 Å². The van der Waals surface area contributed by atoms with E-state index in [1.165, 1.54) is 7.11 Å². The molecule has 25 heavy (non-hydrogen) atoms. The molecule has 0 spiro atoms. The van der Waals surface area contributed by atoms with Crippen molar-refractivity contribution in [3.63, 3.8) is 0 Å². The number of esters is 1. The van der Waals surface area contributed by atoms with Crippen LogP contribution >= 0.6 is 11.3 Å². The van der Waals surface area contributed by atoms with Crippen molar-refractivity contribution in [2.75, 3.05) is 20.2 Å². The highest BCUT2D eigenvalue weighted by molar-refractivity contribution is 7.20. The van der Waals surface area contributed by atoms with Crippen molar-refractivity contribution in [1.29, 1.82) is 0 Å². The number of aromatic nitrogens is 2.